The van der Waals surface area contributed by atoms with Crippen molar-refractivity contribution >= 4 is 5.82 Å². The lowest BCUT2D eigenvalue weighted by Gasteiger charge is -2.06. The maximum Gasteiger partial charge on any atom is 0.125 e. The van der Waals surface area contributed by atoms with Crippen LogP contribution in [0.4, 0.5) is 5.82 Å². The lowest BCUT2D eigenvalue weighted by Crippen LogP contribution is -2.05. The summed E-state index contributed by atoms with van der Waals surface area (Å²) < 4.78 is 10.9. The summed E-state index contributed by atoms with van der Waals surface area (Å²) in [6.07, 6.45) is 4.11. The quantitative estimate of drug-likeness (QED) is 0.671. The number of nitrogens with zero attached hydrogens (tertiary/aromatic N) is 1. The van der Waals surface area contributed by atoms with E-state index >= 15 is 0 Å². The molecule has 4 heteroatoms. The second-order valence-corrected chi connectivity index (χ2v) is 3.82. The summed E-state index contributed by atoms with van der Waals surface area (Å²) in [5, 5.41) is 2.98. The summed E-state index contributed by atoms with van der Waals surface area (Å²) in [4.78, 5) is 4.21. The first-order valence-corrected chi connectivity index (χ1v) is 6.15. The van der Waals surface area contributed by atoms with E-state index in [4.69, 9.17) is 9.47 Å². The fourth-order valence-corrected chi connectivity index (χ4v) is 1.31. The van der Waals surface area contributed by atoms with Gasteiger partial charge in [0, 0.05) is 19.9 Å². The van der Waals surface area contributed by atoms with Crippen LogP contribution in [-0.2, 0) is 16.1 Å². The molecule has 96 valence electrons. The van der Waals surface area contributed by atoms with Gasteiger partial charge in [0.25, 0.3) is 0 Å². The van der Waals surface area contributed by atoms with Gasteiger partial charge in [0.2, 0.25) is 0 Å². The third-order valence-electron chi connectivity index (χ3n) is 2.36. The third kappa shape index (κ3) is 6.24. The van der Waals surface area contributed by atoms with Gasteiger partial charge in [-0.3, -0.25) is 0 Å². The van der Waals surface area contributed by atoms with Crippen molar-refractivity contribution in [2.45, 2.75) is 26.4 Å². The van der Waals surface area contributed by atoms with E-state index in [0.29, 0.717) is 19.8 Å². The molecule has 0 aliphatic heterocycles. The van der Waals surface area contributed by atoms with Crippen LogP contribution in [0.25, 0.3) is 0 Å². The number of rotatable bonds is 9. The average Bonchev–Trinajstić information content (AvgIpc) is 2.38. The van der Waals surface area contributed by atoms with Crippen LogP contribution in [0.3, 0.4) is 0 Å². The second-order valence-electron chi connectivity index (χ2n) is 3.82. The van der Waals surface area contributed by atoms with E-state index in [1.165, 1.54) is 6.42 Å². The van der Waals surface area contributed by atoms with Gasteiger partial charge >= 0.3 is 0 Å². The number of nitrogens with one attached hydrogen (secondary N) is 1. The zero-order chi connectivity index (χ0) is 12.3. The number of unbranched alkanes of at least 4 members (excludes halogenated alkanes) is 1. The molecule has 1 heterocycles. The van der Waals surface area contributed by atoms with Gasteiger partial charge in [0.1, 0.15) is 5.82 Å². The maximum absolute atomic E-state index is 5.49. The van der Waals surface area contributed by atoms with Crippen molar-refractivity contribution < 1.29 is 9.47 Å². The van der Waals surface area contributed by atoms with Crippen molar-refractivity contribution in [1.82, 2.24) is 4.98 Å². The Kier molecular flexibility index (Phi) is 7.34. The molecule has 0 unspecified atom stereocenters. The summed E-state index contributed by atoms with van der Waals surface area (Å²) in [5.41, 5.74) is 1.08. The van der Waals surface area contributed by atoms with Crippen molar-refractivity contribution in [1.29, 1.82) is 0 Å². The van der Waals surface area contributed by atoms with Gasteiger partial charge in [-0.05, 0) is 18.1 Å². The Labute approximate surface area is 103 Å². The first-order chi connectivity index (χ1) is 8.36. The van der Waals surface area contributed by atoms with Crippen molar-refractivity contribution in [2.75, 3.05) is 32.2 Å². The highest BCUT2D eigenvalue weighted by molar-refractivity contribution is 5.34. The molecule has 1 N–H and O–H groups in total. The number of aromatic nitrogens is 1. The Morgan fingerprint density at radius 3 is 2.65 bits per heavy atom. The predicted molar refractivity (Wildman–Crippen MR) is 69.2 cm³/mol. The summed E-state index contributed by atoms with van der Waals surface area (Å²) >= 11 is 0. The Morgan fingerprint density at radius 1 is 1.18 bits per heavy atom. The number of anilines is 1. The lowest BCUT2D eigenvalue weighted by atomic mass is 10.3. The molecule has 0 aliphatic rings. The molecule has 1 aromatic rings. The van der Waals surface area contributed by atoms with E-state index in [1.807, 2.05) is 25.4 Å². The molecule has 0 aliphatic carbocycles. The number of hydrogen-bond donors (Lipinski definition) is 1. The molecule has 0 saturated carbocycles. The topological polar surface area (TPSA) is 43.4 Å². The highest BCUT2D eigenvalue weighted by atomic mass is 16.5. The van der Waals surface area contributed by atoms with Crippen LogP contribution in [0.15, 0.2) is 18.3 Å². The third-order valence-corrected chi connectivity index (χ3v) is 2.36. The minimum atomic E-state index is 0.591. The molecule has 1 rings (SSSR count). The van der Waals surface area contributed by atoms with Crippen LogP contribution < -0.4 is 5.32 Å². The Hall–Kier alpha value is -1.13. The minimum absolute atomic E-state index is 0.591. The fourth-order valence-electron chi connectivity index (χ4n) is 1.31. The second kappa shape index (κ2) is 8.96. The van der Waals surface area contributed by atoms with Crippen LogP contribution in [0, 0.1) is 0 Å². The Bertz CT molecular complexity index is 288. The summed E-state index contributed by atoms with van der Waals surface area (Å²) in [6, 6.07) is 3.95. The number of hydrogen-bond acceptors (Lipinski definition) is 4. The summed E-state index contributed by atoms with van der Waals surface area (Å²) in [5.74, 6) is 0.872. The molecular weight excluding hydrogens is 216 g/mol. The summed E-state index contributed by atoms with van der Waals surface area (Å²) in [6.45, 7) is 4.88. The van der Waals surface area contributed by atoms with Crippen LogP contribution in [0.2, 0.25) is 0 Å². The molecular formula is C13H22N2O2. The fraction of sp³-hybridized carbons (Fsp3) is 0.615. The molecule has 0 aromatic carbocycles. The highest BCUT2D eigenvalue weighted by Gasteiger charge is 1.95. The monoisotopic (exact) mass is 238 g/mol. The van der Waals surface area contributed by atoms with Gasteiger partial charge in [-0.1, -0.05) is 19.4 Å². The minimum Gasteiger partial charge on any atom is -0.379 e. The van der Waals surface area contributed by atoms with Crippen LogP contribution in [0.5, 0.6) is 0 Å². The van der Waals surface area contributed by atoms with E-state index in [-0.39, 0.29) is 0 Å². The van der Waals surface area contributed by atoms with E-state index < -0.39 is 0 Å². The molecule has 0 amide bonds. The van der Waals surface area contributed by atoms with Gasteiger partial charge in [0.15, 0.2) is 0 Å². The van der Waals surface area contributed by atoms with Gasteiger partial charge in [-0.25, -0.2) is 4.98 Å². The Balaban J connectivity index is 2.05. The molecule has 1 aromatic heterocycles. The summed E-state index contributed by atoms with van der Waals surface area (Å²) in [7, 11) is 1.85. The van der Waals surface area contributed by atoms with E-state index in [1.54, 1.807) is 0 Å². The van der Waals surface area contributed by atoms with Crippen LogP contribution in [0.1, 0.15) is 25.3 Å². The molecule has 0 spiro atoms. The normalized spacial score (nSPS) is 10.5. The average molecular weight is 238 g/mol. The van der Waals surface area contributed by atoms with Gasteiger partial charge in [-0.2, -0.15) is 0 Å². The first-order valence-electron chi connectivity index (χ1n) is 6.15. The van der Waals surface area contributed by atoms with Crippen molar-refractivity contribution in [3.8, 4) is 0 Å². The lowest BCUT2D eigenvalue weighted by molar-refractivity contribution is 0.0396. The maximum atomic E-state index is 5.49. The molecule has 4 nitrogen and oxygen atoms in total. The molecule has 0 bridgehead atoms. The molecule has 17 heavy (non-hydrogen) atoms. The van der Waals surface area contributed by atoms with E-state index in [0.717, 1.165) is 24.4 Å². The zero-order valence-electron chi connectivity index (χ0n) is 10.7. The van der Waals surface area contributed by atoms with Crippen LogP contribution in [-0.4, -0.2) is 31.9 Å². The zero-order valence-corrected chi connectivity index (χ0v) is 10.7. The number of ether oxygens (including phenoxy) is 2. The molecule has 0 radical (unpaired) electrons. The predicted octanol–water partition coefficient (Wildman–Crippen LogP) is 2.46. The SMILES string of the molecule is CCCCOCCOCc1ccc(NC)nc1. The Morgan fingerprint density at radius 2 is 2.00 bits per heavy atom. The smallest absolute Gasteiger partial charge is 0.125 e. The molecule has 0 atom stereocenters. The standard InChI is InChI=1S/C13H22N2O2/c1-3-4-7-16-8-9-17-11-12-5-6-13(14-2)15-10-12/h5-6,10H,3-4,7-9,11H2,1-2H3,(H,14,15). The van der Waals surface area contributed by atoms with Gasteiger partial charge < -0.3 is 14.8 Å². The first kappa shape index (κ1) is 13.9. The van der Waals surface area contributed by atoms with Crippen LogP contribution >= 0.6 is 0 Å². The van der Waals surface area contributed by atoms with Crippen molar-refractivity contribution in [3.63, 3.8) is 0 Å². The highest BCUT2D eigenvalue weighted by Crippen LogP contribution is 2.05. The van der Waals surface area contributed by atoms with Gasteiger partial charge in [-0.15, -0.1) is 0 Å². The van der Waals surface area contributed by atoms with E-state index in [9.17, 15) is 0 Å². The van der Waals surface area contributed by atoms with Gasteiger partial charge in [0.05, 0.1) is 19.8 Å². The number of pyridine rings is 1. The van der Waals surface area contributed by atoms with E-state index in [2.05, 4.69) is 17.2 Å². The molecule has 0 saturated heterocycles. The van der Waals surface area contributed by atoms with Crippen molar-refractivity contribution in [3.05, 3.63) is 23.9 Å². The largest absolute Gasteiger partial charge is 0.379 e. The van der Waals surface area contributed by atoms with Crippen molar-refractivity contribution in [2.24, 2.45) is 0 Å². The molecule has 0 fully saturated rings.